The normalized spacial score (nSPS) is 11.1. The van der Waals surface area contributed by atoms with Gasteiger partial charge in [-0.15, -0.1) is 0 Å². The van der Waals surface area contributed by atoms with Gasteiger partial charge in [-0.05, 0) is 36.8 Å². The lowest BCUT2D eigenvalue weighted by Crippen LogP contribution is -1.86. The summed E-state index contributed by atoms with van der Waals surface area (Å²) in [5, 5.41) is 2.26. The number of benzene rings is 2. The Hall–Kier alpha value is -2.87. The van der Waals surface area contributed by atoms with Gasteiger partial charge in [0.25, 0.3) is 0 Å². The molecule has 2 aromatic heterocycles. The molecule has 0 N–H and O–H groups in total. The first-order valence-corrected chi connectivity index (χ1v) is 7.26. The monoisotopic (exact) mass is 285 g/mol. The van der Waals surface area contributed by atoms with Gasteiger partial charge in [-0.25, -0.2) is 0 Å². The lowest BCUT2D eigenvalue weighted by molar-refractivity contribution is 0.670. The summed E-state index contributed by atoms with van der Waals surface area (Å²) in [6.07, 6.45) is 1.82. The van der Waals surface area contributed by atoms with E-state index in [0.717, 1.165) is 44.3 Å². The van der Waals surface area contributed by atoms with Gasteiger partial charge in [-0.2, -0.15) is 0 Å². The van der Waals surface area contributed by atoms with Gasteiger partial charge in [0, 0.05) is 22.5 Å². The maximum Gasteiger partial charge on any atom is 0.144 e. The number of nitrogens with zero attached hydrogens (tertiary/aromatic N) is 1. The molecule has 2 heterocycles. The smallest absolute Gasteiger partial charge is 0.144 e. The van der Waals surface area contributed by atoms with Crippen LogP contribution in [-0.4, -0.2) is 4.98 Å². The predicted molar refractivity (Wildman–Crippen MR) is 91.7 cm³/mol. The summed E-state index contributed by atoms with van der Waals surface area (Å²) in [7, 11) is 0. The number of aromatic nitrogens is 1. The van der Waals surface area contributed by atoms with Crippen LogP contribution in [0.2, 0.25) is 0 Å². The Balaban J connectivity index is 2.03. The summed E-state index contributed by atoms with van der Waals surface area (Å²) in [6.45, 7) is 6.01. The Morgan fingerprint density at radius 1 is 1.00 bits per heavy atom. The number of furan rings is 1. The van der Waals surface area contributed by atoms with E-state index in [1.807, 2.05) is 37.4 Å². The average Bonchev–Trinajstić information content (AvgIpc) is 2.93. The minimum atomic E-state index is 0.884. The van der Waals surface area contributed by atoms with Crippen LogP contribution in [0.25, 0.3) is 38.8 Å². The van der Waals surface area contributed by atoms with Crippen LogP contribution in [0.5, 0.6) is 0 Å². The van der Waals surface area contributed by atoms with Gasteiger partial charge in [0.1, 0.15) is 11.2 Å². The van der Waals surface area contributed by atoms with Crippen LogP contribution in [0, 0.1) is 0 Å². The van der Waals surface area contributed by atoms with Crippen molar-refractivity contribution in [3.8, 4) is 11.3 Å². The second kappa shape index (κ2) is 4.85. The summed E-state index contributed by atoms with van der Waals surface area (Å²) < 4.78 is 6.08. The third kappa shape index (κ3) is 1.92. The lowest BCUT2D eigenvalue weighted by Gasteiger charge is -2.05. The molecule has 0 saturated heterocycles. The van der Waals surface area contributed by atoms with E-state index in [-0.39, 0.29) is 0 Å². The zero-order chi connectivity index (χ0) is 15.1. The minimum absolute atomic E-state index is 0.884. The van der Waals surface area contributed by atoms with Crippen LogP contribution in [-0.2, 0) is 0 Å². The molecule has 0 unspecified atom stereocenters. The van der Waals surface area contributed by atoms with Gasteiger partial charge in [0.15, 0.2) is 0 Å². The molecule has 4 rings (SSSR count). The minimum Gasteiger partial charge on any atom is -0.455 e. The highest BCUT2D eigenvalue weighted by Gasteiger charge is 2.12. The highest BCUT2D eigenvalue weighted by atomic mass is 16.3. The van der Waals surface area contributed by atoms with E-state index < -0.39 is 0 Å². The van der Waals surface area contributed by atoms with Crippen molar-refractivity contribution in [1.82, 2.24) is 4.98 Å². The molecule has 0 spiro atoms. The zero-order valence-electron chi connectivity index (χ0n) is 12.3. The molecular formula is C20H15NO. The van der Waals surface area contributed by atoms with E-state index in [2.05, 4.69) is 41.9 Å². The molecule has 0 amide bonds. The molecule has 0 atom stereocenters. The van der Waals surface area contributed by atoms with E-state index in [1.54, 1.807) is 0 Å². The molecule has 106 valence electrons. The fourth-order valence-electron chi connectivity index (χ4n) is 2.79. The summed E-state index contributed by atoms with van der Waals surface area (Å²) >= 11 is 0. The quantitative estimate of drug-likeness (QED) is 0.473. The van der Waals surface area contributed by atoms with Gasteiger partial charge >= 0.3 is 0 Å². The molecule has 0 aliphatic carbocycles. The van der Waals surface area contributed by atoms with Gasteiger partial charge in [-0.1, -0.05) is 42.5 Å². The maximum atomic E-state index is 6.08. The van der Waals surface area contributed by atoms with Crippen molar-refractivity contribution in [2.75, 3.05) is 0 Å². The van der Waals surface area contributed by atoms with Crippen LogP contribution in [0.1, 0.15) is 12.5 Å². The average molecular weight is 285 g/mol. The van der Waals surface area contributed by atoms with Crippen molar-refractivity contribution in [3.63, 3.8) is 0 Å². The van der Waals surface area contributed by atoms with Gasteiger partial charge in [0.2, 0.25) is 0 Å². The zero-order valence-corrected chi connectivity index (χ0v) is 12.3. The first kappa shape index (κ1) is 12.8. The molecular weight excluding hydrogens is 270 g/mol. The van der Waals surface area contributed by atoms with Crippen molar-refractivity contribution in [1.29, 1.82) is 0 Å². The van der Waals surface area contributed by atoms with Crippen molar-refractivity contribution in [3.05, 3.63) is 72.9 Å². The fourth-order valence-corrected chi connectivity index (χ4v) is 2.79. The number of pyridine rings is 1. The number of fused-ring (bicyclic) bond motifs is 3. The molecule has 0 radical (unpaired) electrons. The Kier molecular flexibility index (Phi) is 2.83. The van der Waals surface area contributed by atoms with E-state index in [0.29, 0.717) is 0 Å². The molecule has 22 heavy (non-hydrogen) atoms. The van der Waals surface area contributed by atoms with Crippen LogP contribution in [0.15, 0.2) is 71.8 Å². The topological polar surface area (TPSA) is 26.0 Å². The third-order valence-electron chi connectivity index (χ3n) is 3.93. The summed E-state index contributed by atoms with van der Waals surface area (Å²) in [5.74, 6) is 0. The molecule has 2 heteroatoms. The summed E-state index contributed by atoms with van der Waals surface area (Å²) in [6, 6.07) is 18.3. The van der Waals surface area contributed by atoms with Crippen LogP contribution >= 0.6 is 0 Å². The molecule has 4 aromatic rings. The van der Waals surface area contributed by atoms with Gasteiger partial charge < -0.3 is 4.42 Å². The van der Waals surface area contributed by atoms with Crippen LogP contribution in [0.3, 0.4) is 0 Å². The molecule has 0 aliphatic heterocycles. The Bertz CT molecular complexity index is 1010. The molecule has 0 aliphatic rings. The number of hydrogen-bond acceptors (Lipinski definition) is 2. The molecule has 0 saturated carbocycles. The highest BCUT2D eigenvalue weighted by Crippen LogP contribution is 2.35. The first-order valence-electron chi connectivity index (χ1n) is 7.26. The summed E-state index contributed by atoms with van der Waals surface area (Å²) in [4.78, 5) is 4.51. The van der Waals surface area contributed by atoms with Crippen LogP contribution < -0.4 is 0 Å². The lowest BCUT2D eigenvalue weighted by atomic mass is 10.0. The SMILES string of the molecule is C=C(C)c1ccnc(-c2cccc3c2oc2ccccc23)c1. The van der Waals surface area contributed by atoms with Crippen molar-refractivity contribution < 1.29 is 4.42 Å². The van der Waals surface area contributed by atoms with E-state index >= 15 is 0 Å². The molecule has 0 fully saturated rings. The third-order valence-corrected chi connectivity index (χ3v) is 3.93. The number of rotatable bonds is 2. The van der Waals surface area contributed by atoms with Gasteiger partial charge in [-0.3, -0.25) is 4.98 Å². The second-order valence-corrected chi connectivity index (χ2v) is 5.49. The van der Waals surface area contributed by atoms with Gasteiger partial charge in [0.05, 0.1) is 5.69 Å². The number of para-hydroxylation sites is 2. The second-order valence-electron chi connectivity index (χ2n) is 5.49. The number of hydrogen-bond donors (Lipinski definition) is 0. The fraction of sp³-hybridized carbons (Fsp3) is 0.0500. The Labute approximate surface area is 128 Å². The molecule has 0 bridgehead atoms. The maximum absolute atomic E-state index is 6.08. The van der Waals surface area contributed by atoms with E-state index in [1.165, 1.54) is 0 Å². The number of allylic oxidation sites excluding steroid dienone is 1. The predicted octanol–water partition coefficient (Wildman–Crippen LogP) is 5.68. The van der Waals surface area contributed by atoms with Crippen molar-refractivity contribution >= 4 is 27.5 Å². The highest BCUT2D eigenvalue weighted by molar-refractivity contribution is 6.09. The van der Waals surface area contributed by atoms with E-state index in [4.69, 9.17) is 4.42 Å². The largest absolute Gasteiger partial charge is 0.455 e. The van der Waals surface area contributed by atoms with Crippen molar-refractivity contribution in [2.45, 2.75) is 6.92 Å². The van der Waals surface area contributed by atoms with Crippen molar-refractivity contribution in [2.24, 2.45) is 0 Å². The standard InChI is InChI=1S/C20H15NO/c1-13(2)14-10-11-21-18(12-14)17-8-5-7-16-15-6-3-4-9-19(15)22-20(16)17/h3-12H,1H2,2H3. The Morgan fingerprint density at radius 3 is 2.68 bits per heavy atom. The molecule has 2 aromatic carbocycles. The van der Waals surface area contributed by atoms with E-state index in [9.17, 15) is 0 Å². The molecule has 2 nitrogen and oxygen atoms in total. The summed E-state index contributed by atoms with van der Waals surface area (Å²) in [5.41, 5.74) is 5.83. The first-order chi connectivity index (χ1) is 10.7. The van der Waals surface area contributed by atoms with Crippen LogP contribution in [0.4, 0.5) is 0 Å². The Morgan fingerprint density at radius 2 is 1.82 bits per heavy atom.